The van der Waals surface area contributed by atoms with Crippen molar-refractivity contribution in [3.63, 3.8) is 0 Å². The summed E-state index contributed by atoms with van der Waals surface area (Å²) in [5.74, 6) is 0. The number of diazo groups is 1. The summed E-state index contributed by atoms with van der Waals surface area (Å²) in [5, 5.41) is 19.1. The third kappa shape index (κ3) is 1.48. The van der Waals surface area contributed by atoms with Crippen LogP contribution in [0.4, 0.5) is 11.4 Å². The highest BCUT2D eigenvalue weighted by Crippen LogP contribution is 2.31. The van der Waals surface area contributed by atoms with Crippen LogP contribution < -0.4 is 0 Å². The molecule has 2 rings (SSSR count). The van der Waals surface area contributed by atoms with Gasteiger partial charge in [0.2, 0.25) is 5.39 Å². The topological polar surface area (TPSA) is 68.5 Å². The van der Waals surface area contributed by atoms with Crippen molar-refractivity contribution in [2.75, 3.05) is 0 Å². The first-order valence-electron chi connectivity index (χ1n) is 4.26. The van der Waals surface area contributed by atoms with Crippen molar-refractivity contribution >= 4 is 22.1 Å². The van der Waals surface area contributed by atoms with E-state index in [4.69, 9.17) is 10.6 Å². The summed E-state index contributed by atoms with van der Waals surface area (Å²) in [6, 6.07) is 10.2. The van der Waals surface area contributed by atoms with Crippen LogP contribution in [0.1, 0.15) is 0 Å². The zero-order valence-corrected chi connectivity index (χ0v) is 7.66. The van der Waals surface area contributed by atoms with Crippen LogP contribution in [-0.2, 0) is 0 Å². The van der Waals surface area contributed by atoms with Crippen molar-refractivity contribution in [3.8, 4) is 0 Å². The maximum Gasteiger partial charge on any atom is 0.466 e. The fourth-order valence-electron chi connectivity index (χ4n) is 1.45. The van der Waals surface area contributed by atoms with Crippen molar-refractivity contribution in [1.82, 2.24) is 0 Å². The van der Waals surface area contributed by atoms with E-state index in [1.165, 1.54) is 12.1 Å². The Bertz CT molecular complexity index is 587. The highest BCUT2D eigenvalue weighted by atomic mass is 16.6. The molecule has 2 aromatic carbocycles. The van der Waals surface area contributed by atoms with Crippen LogP contribution in [0.3, 0.4) is 0 Å². The molecule has 0 aliphatic heterocycles. The zero-order valence-electron chi connectivity index (χ0n) is 7.66. The van der Waals surface area contributed by atoms with Crippen molar-refractivity contribution in [2.24, 2.45) is 0 Å². The number of hydrogen-bond acceptors (Lipinski definition) is 2. The van der Waals surface area contributed by atoms with E-state index >= 15 is 0 Å². The van der Waals surface area contributed by atoms with E-state index in [-0.39, 0.29) is 16.3 Å². The van der Waals surface area contributed by atoms with Crippen molar-refractivity contribution in [3.05, 3.63) is 46.3 Å². The van der Waals surface area contributed by atoms with Crippen LogP contribution in [-0.4, -0.2) is 10.1 Å². The molecule has 0 fully saturated rings. The van der Waals surface area contributed by atoms with Gasteiger partial charge in [-0.2, -0.15) is 0 Å². The summed E-state index contributed by atoms with van der Waals surface area (Å²) >= 11 is 0. The number of fused-ring (bicyclic) bond motifs is 1. The molecule has 0 heterocycles. The Morgan fingerprint density at radius 1 is 1.20 bits per heavy atom. The van der Waals surface area contributed by atoms with Gasteiger partial charge in [0, 0.05) is 12.1 Å². The third-order valence-electron chi connectivity index (χ3n) is 2.16. The second kappa shape index (κ2) is 3.35. The predicted octanol–water partition coefficient (Wildman–Crippen LogP) is 3.12. The lowest BCUT2D eigenvalue weighted by atomic mass is 10.1. The lowest BCUT2D eigenvalue weighted by Gasteiger charge is -1.92. The fraction of sp³-hybridized carbons (Fsp3) is 0. The molecule has 5 nitrogen and oxygen atoms in total. The maximum absolute atomic E-state index is 10.8. The molecule has 15 heavy (non-hydrogen) atoms. The zero-order chi connectivity index (χ0) is 10.8. The summed E-state index contributed by atoms with van der Waals surface area (Å²) in [7, 11) is 0. The minimum atomic E-state index is -0.318. The van der Waals surface area contributed by atoms with Gasteiger partial charge in [0.15, 0.2) is 4.98 Å². The highest BCUT2D eigenvalue weighted by molar-refractivity contribution is 5.90. The molecule has 0 saturated carbocycles. The van der Waals surface area contributed by atoms with Gasteiger partial charge in [0.1, 0.15) is 0 Å². The van der Waals surface area contributed by atoms with Crippen LogP contribution in [0.15, 0.2) is 36.4 Å². The lowest BCUT2D eigenvalue weighted by molar-refractivity contribution is -0.729. The van der Waals surface area contributed by atoms with E-state index in [2.05, 4.69) is 4.98 Å². The number of hydrogen-bond donors (Lipinski definition) is 1. The highest BCUT2D eigenvalue weighted by Gasteiger charge is 2.29. The van der Waals surface area contributed by atoms with Gasteiger partial charge in [-0.25, -0.2) is 5.21 Å². The molecule has 0 amide bonds. The van der Waals surface area contributed by atoms with E-state index in [9.17, 15) is 4.91 Å². The van der Waals surface area contributed by atoms with Gasteiger partial charge in [-0.05, 0) is 10.8 Å². The molecule has 0 aliphatic carbocycles. The third-order valence-corrected chi connectivity index (χ3v) is 2.16. The predicted molar refractivity (Wildman–Crippen MR) is 53.8 cm³/mol. The summed E-state index contributed by atoms with van der Waals surface area (Å²) in [5.41, 5.74) is -0.0533. The van der Waals surface area contributed by atoms with E-state index < -0.39 is 0 Å². The molecule has 1 N–H and O–H groups in total. The summed E-state index contributed by atoms with van der Waals surface area (Å²) in [6.07, 6.45) is 0. The normalized spacial score (nSPS) is 9.80. The van der Waals surface area contributed by atoms with Crippen LogP contribution in [0.25, 0.3) is 15.7 Å². The lowest BCUT2D eigenvalue weighted by Crippen LogP contribution is -1.91. The Morgan fingerprint density at radius 2 is 1.80 bits per heavy atom. The molecule has 0 aliphatic rings. The van der Waals surface area contributed by atoms with Gasteiger partial charge >= 0.3 is 11.4 Å². The smallest absolute Gasteiger partial charge is 0.240 e. The van der Waals surface area contributed by atoms with Gasteiger partial charge in [-0.15, -0.1) is 0 Å². The van der Waals surface area contributed by atoms with E-state index in [1.807, 2.05) is 18.2 Å². The minimum absolute atomic E-state index is 0.0335. The van der Waals surface area contributed by atoms with Crippen LogP contribution >= 0.6 is 0 Å². The standard InChI is InChI=1S/C10H7N3O2/c11-12-9-5-7-3-1-2-4-8(7)6-10(9)13(14)15/h1-6H,(H,14,15)/q+2. The molecule has 2 aromatic rings. The SMILES string of the molecule is N#[N+]c1cc2ccccc2cc1[N+](=O)O. The Labute approximate surface area is 84.7 Å². The quantitative estimate of drug-likeness (QED) is 0.569. The molecule has 0 bridgehead atoms. The summed E-state index contributed by atoms with van der Waals surface area (Å²) in [4.78, 5) is 13.4. The van der Waals surface area contributed by atoms with Gasteiger partial charge in [0.25, 0.3) is 4.92 Å². The Morgan fingerprint density at radius 3 is 2.33 bits per heavy atom. The molecule has 72 valence electrons. The first-order valence-corrected chi connectivity index (χ1v) is 4.26. The van der Waals surface area contributed by atoms with Gasteiger partial charge in [-0.3, -0.25) is 0 Å². The first kappa shape index (κ1) is 9.09. The van der Waals surface area contributed by atoms with E-state index in [0.29, 0.717) is 0 Å². The Kier molecular flexibility index (Phi) is 2.03. The Hall–Kier alpha value is -2.48. The molecule has 0 atom stereocenters. The fourth-order valence-corrected chi connectivity index (χ4v) is 1.45. The first-order chi connectivity index (χ1) is 7.22. The Balaban J connectivity index is 2.82. The van der Waals surface area contributed by atoms with Crippen molar-refractivity contribution in [2.45, 2.75) is 0 Å². The molecular weight excluding hydrogens is 194 g/mol. The average molecular weight is 201 g/mol. The van der Waals surface area contributed by atoms with Crippen molar-refractivity contribution < 1.29 is 10.1 Å². The average Bonchev–Trinajstić information content (AvgIpc) is 2.27. The molecule has 0 spiro atoms. The van der Waals surface area contributed by atoms with Gasteiger partial charge < -0.3 is 0 Å². The summed E-state index contributed by atoms with van der Waals surface area (Å²) < 4.78 is 0. The molecular formula is C10H7N3O2+2. The second-order valence-corrected chi connectivity index (χ2v) is 3.06. The van der Waals surface area contributed by atoms with Gasteiger partial charge in [-0.1, -0.05) is 24.3 Å². The molecule has 0 unspecified atom stereocenters. The van der Waals surface area contributed by atoms with Crippen LogP contribution in [0.2, 0.25) is 0 Å². The number of benzene rings is 2. The minimum Gasteiger partial charge on any atom is -0.240 e. The molecule has 0 saturated heterocycles. The monoisotopic (exact) mass is 201 g/mol. The van der Waals surface area contributed by atoms with Crippen molar-refractivity contribution in [1.29, 1.82) is 5.39 Å². The van der Waals surface area contributed by atoms with Crippen LogP contribution in [0.5, 0.6) is 0 Å². The van der Waals surface area contributed by atoms with Crippen LogP contribution in [0, 0.1) is 10.3 Å². The maximum atomic E-state index is 10.8. The number of rotatable bonds is 1. The molecule has 5 heteroatoms. The molecule has 0 radical (unpaired) electrons. The van der Waals surface area contributed by atoms with E-state index in [1.54, 1.807) is 6.07 Å². The molecule has 0 aromatic heterocycles. The van der Waals surface area contributed by atoms with Gasteiger partial charge in [0.05, 0.1) is 4.91 Å². The van der Waals surface area contributed by atoms with E-state index in [0.717, 1.165) is 10.8 Å². The second-order valence-electron chi connectivity index (χ2n) is 3.06. The summed E-state index contributed by atoms with van der Waals surface area (Å²) in [6.45, 7) is 0. The number of nitrogens with zero attached hydrogens (tertiary/aromatic N) is 3. The largest absolute Gasteiger partial charge is 0.466 e.